The maximum atomic E-state index is 12.7. The van der Waals surface area contributed by atoms with Gasteiger partial charge in [0, 0.05) is 50.4 Å². The molecule has 6 heteroatoms. The van der Waals surface area contributed by atoms with E-state index < -0.39 is 0 Å². The Labute approximate surface area is 196 Å². The summed E-state index contributed by atoms with van der Waals surface area (Å²) in [4.78, 5) is 19.7. The Balaban J connectivity index is 1.23. The minimum absolute atomic E-state index is 0.158. The molecule has 3 fully saturated rings. The number of piperazine rings is 1. The van der Waals surface area contributed by atoms with Crippen LogP contribution in [0.3, 0.4) is 0 Å². The topological polar surface area (TPSA) is 48.1 Å². The van der Waals surface area contributed by atoms with Gasteiger partial charge in [0.2, 0.25) is 5.91 Å². The lowest BCUT2D eigenvalue weighted by Gasteiger charge is -2.39. The lowest BCUT2D eigenvalue weighted by atomic mass is 9.84. The lowest BCUT2D eigenvalue weighted by molar-refractivity contribution is -0.139. The second kappa shape index (κ2) is 8.56. The molecule has 1 aromatic rings. The van der Waals surface area contributed by atoms with E-state index in [0.29, 0.717) is 11.8 Å². The molecule has 1 amide bonds. The van der Waals surface area contributed by atoms with Gasteiger partial charge in [0.15, 0.2) is 0 Å². The average Bonchev–Trinajstić information content (AvgIpc) is 3.61. The SMILES string of the molecule is COc1cccc(C2=C(CN3CCN(C(=O)C4CCC4)CC3)N3C=C(C4CC4)C=CC3N2)c1. The number of nitrogens with zero attached hydrogens (tertiary/aromatic N) is 3. The minimum Gasteiger partial charge on any atom is -0.497 e. The fourth-order valence-electron chi connectivity index (χ4n) is 5.40. The first-order valence-corrected chi connectivity index (χ1v) is 12.5. The van der Waals surface area contributed by atoms with Crippen molar-refractivity contribution in [1.29, 1.82) is 0 Å². The molecule has 1 saturated heterocycles. The van der Waals surface area contributed by atoms with Gasteiger partial charge in [-0.2, -0.15) is 0 Å². The standard InChI is InChI=1S/C27H34N4O2/c1-33-23-7-3-6-21(16-23)26-24(31-17-22(19-8-9-19)10-11-25(31)28-26)18-29-12-14-30(15-13-29)27(32)20-4-2-5-20/h3,6-7,10-11,16-17,19-20,25,28H,2,4-5,8-9,12-15,18H2,1H3. The summed E-state index contributed by atoms with van der Waals surface area (Å²) in [5.41, 5.74) is 5.11. The maximum absolute atomic E-state index is 12.7. The fourth-order valence-corrected chi connectivity index (χ4v) is 5.40. The summed E-state index contributed by atoms with van der Waals surface area (Å²) in [7, 11) is 1.72. The Hall–Kier alpha value is -2.73. The number of carbonyl (C=O) groups excluding carboxylic acids is 1. The Morgan fingerprint density at radius 2 is 1.94 bits per heavy atom. The number of amides is 1. The number of methoxy groups -OCH3 is 1. The van der Waals surface area contributed by atoms with Gasteiger partial charge in [-0.15, -0.1) is 0 Å². The highest BCUT2D eigenvalue weighted by Gasteiger charge is 2.36. The Bertz CT molecular complexity index is 1010. The molecule has 3 heterocycles. The van der Waals surface area contributed by atoms with Gasteiger partial charge in [-0.3, -0.25) is 9.69 Å². The summed E-state index contributed by atoms with van der Waals surface area (Å²) in [6, 6.07) is 8.33. The summed E-state index contributed by atoms with van der Waals surface area (Å²) < 4.78 is 5.50. The van der Waals surface area contributed by atoms with Gasteiger partial charge in [0.25, 0.3) is 0 Å². The van der Waals surface area contributed by atoms with Crippen molar-refractivity contribution in [2.24, 2.45) is 11.8 Å². The van der Waals surface area contributed by atoms with Gasteiger partial charge in [-0.05, 0) is 55.4 Å². The first-order valence-electron chi connectivity index (χ1n) is 12.5. The number of fused-ring (bicyclic) bond motifs is 1. The first kappa shape index (κ1) is 20.8. The highest BCUT2D eigenvalue weighted by molar-refractivity contribution is 5.79. The van der Waals surface area contributed by atoms with E-state index in [1.165, 1.54) is 36.2 Å². The van der Waals surface area contributed by atoms with Gasteiger partial charge in [0.1, 0.15) is 11.9 Å². The van der Waals surface area contributed by atoms with Crippen molar-refractivity contribution >= 4 is 11.6 Å². The molecule has 6 rings (SSSR count). The van der Waals surface area contributed by atoms with Gasteiger partial charge in [0.05, 0.1) is 18.5 Å². The molecular weight excluding hydrogens is 412 g/mol. The van der Waals surface area contributed by atoms with Crippen LogP contribution >= 0.6 is 0 Å². The second-order valence-electron chi connectivity index (χ2n) is 10.0. The number of rotatable bonds is 6. The van der Waals surface area contributed by atoms with Crippen molar-refractivity contribution in [2.45, 2.75) is 38.3 Å². The van der Waals surface area contributed by atoms with Gasteiger partial charge in [-0.1, -0.05) is 24.6 Å². The van der Waals surface area contributed by atoms with E-state index in [0.717, 1.165) is 62.8 Å². The van der Waals surface area contributed by atoms with Crippen LogP contribution in [0.4, 0.5) is 0 Å². The van der Waals surface area contributed by atoms with Crippen LogP contribution in [-0.4, -0.2) is 66.6 Å². The molecule has 5 aliphatic rings. The number of carbonyl (C=O) groups is 1. The van der Waals surface area contributed by atoms with Crippen LogP contribution in [0.5, 0.6) is 5.75 Å². The highest BCUT2D eigenvalue weighted by atomic mass is 16.5. The van der Waals surface area contributed by atoms with E-state index in [1.54, 1.807) is 7.11 Å². The van der Waals surface area contributed by atoms with Gasteiger partial charge >= 0.3 is 0 Å². The molecule has 2 aliphatic carbocycles. The van der Waals surface area contributed by atoms with Crippen LogP contribution in [0.15, 0.2) is 53.9 Å². The average molecular weight is 447 g/mol. The molecule has 1 unspecified atom stereocenters. The van der Waals surface area contributed by atoms with Gasteiger partial charge < -0.3 is 19.9 Å². The van der Waals surface area contributed by atoms with Gasteiger partial charge in [-0.25, -0.2) is 0 Å². The van der Waals surface area contributed by atoms with E-state index in [9.17, 15) is 4.79 Å². The number of benzene rings is 1. The zero-order valence-electron chi connectivity index (χ0n) is 19.5. The Morgan fingerprint density at radius 1 is 1.12 bits per heavy atom. The third-order valence-corrected chi connectivity index (χ3v) is 7.87. The summed E-state index contributed by atoms with van der Waals surface area (Å²) >= 11 is 0. The van der Waals surface area contributed by atoms with E-state index in [-0.39, 0.29) is 6.17 Å². The molecule has 0 bridgehead atoms. The first-order chi connectivity index (χ1) is 16.2. The quantitative estimate of drug-likeness (QED) is 0.726. The zero-order valence-corrected chi connectivity index (χ0v) is 19.5. The van der Waals surface area contributed by atoms with Crippen LogP contribution in [-0.2, 0) is 4.79 Å². The second-order valence-corrected chi connectivity index (χ2v) is 10.0. The zero-order chi connectivity index (χ0) is 22.4. The molecule has 174 valence electrons. The number of hydrogen-bond acceptors (Lipinski definition) is 5. The summed E-state index contributed by atoms with van der Waals surface area (Å²) in [5, 5.41) is 3.76. The largest absolute Gasteiger partial charge is 0.497 e. The summed E-state index contributed by atoms with van der Waals surface area (Å²) in [6.07, 6.45) is 13.1. The Kier molecular flexibility index (Phi) is 5.41. The third-order valence-electron chi connectivity index (χ3n) is 7.87. The smallest absolute Gasteiger partial charge is 0.225 e. The molecule has 33 heavy (non-hydrogen) atoms. The fraction of sp³-hybridized carbons (Fsp3) is 0.519. The molecule has 2 saturated carbocycles. The summed E-state index contributed by atoms with van der Waals surface area (Å²) in [6.45, 7) is 4.43. The van der Waals surface area contributed by atoms with Crippen LogP contribution < -0.4 is 10.1 Å². The normalized spacial score (nSPS) is 25.5. The molecule has 0 spiro atoms. The number of ether oxygens (including phenoxy) is 1. The van der Waals surface area contributed by atoms with Crippen LogP contribution in [0.2, 0.25) is 0 Å². The molecule has 6 nitrogen and oxygen atoms in total. The number of allylic oxidation sites excluding steroid dienone is 2. The molecule has 3 aliphatic heterocycles. The van der Waals surface area contributed by atoms with E-state index >= 15 is 0 Å². The molecular formula is C27H34N4O2. The third kappa shape index (κ3) is 4.05. The molecule has 1 N–H and O–H groups in total. The van der Waals surface area contributed by atoms with Crippen LogP contribution in [0.25, 0.3) is 5.70 Å². The molecule has 1 atom stereocenters. The number of hydrogen-bond donors (Lipinski definition) is 1. The van der Waals surface area contributed by atoms with Crippen LogP contribution in [0.1, 0.15) is 37.7 Å². The highest BCUT2D eigenvalue weighted by Crippen LogP contribution is 2.41. The summed E-state index contributed by atoms with van der Waals surface area (Å²) in [5.74, 6) is 2.28. The predicted octanol–water partition coefficient (Wildman–Crippen LogP) is 3.40. The van der Waals surface area contributed by atoms with E-state index in [2.05, 4.69) is 56.6 Å². The molecule has 0 radical (unpaired) electrons. The van der Waals surface area contributed by atoms with Crippen molar-refractivity contribution in [3.8, 4) is 5.75 Å². The monoisotopic (exact) mass is 446 g/mol. The van der Waals surface area contributed by atoms with Crippen molar-refractivity contribution in [1.82, 2.24) is 20.0 Å². The lowest BCUT2D eigenvalue weighted by Crippen LogP contribution is -2.51. The Morgan fingerprint density at radius 3 is 2.64 bits per heavy atom. The maximum Gasteiger partial charge on any atom is 0.225 e. The molecule has 1 aromatic carbocycles. The number of nitrogens with one attached hydrogen (secondary N) is 1. The van der Waals surface area contributed by atoms with Crippen molar-refractivity contribution in [2.75, 3.05) is 39.8 Å². The van der Waals surface area contributed by atoms with E-state index in [1.807, 2.05) is 6.07 Å². The van der Waals surface area contributed by atoms with Crippen molar-refractivity contribution < 1.29 is 9.53 Å². The van der Waals surface area contributed by atoms with E-state index in [4.69, 9.17) is 4.74 Å². The molecule has 0 aromatic heterocycles. The van der Waals surface area contributed by atoms with Crippen LogP contribution in [0, 0.1) is 11.8 Å². The minimum atomic E-state index is 0.158. The van der Waals surface area contributed by atoms with Crippen molar-refractivity contribution in [3.05, 3.63) is 59.5 Å². The van der Waals surface area contributed by atoms with Crippen molar-refractivity contribution in [3.63, 3.8) is 0 Å². The predicted molar refractivity (Wildman–Crippen MR) is 129 cm³/mol.